The second kappa shape index (κ2) is 9.52. The van der Waals surface area contributed by atoms with Crippen LogP contribution in [0, 0.1) is 13.8 Å². The number of hydrazone groups is 1. The largest absolute Gasteiger partial charge is 0.546 e. The highest BCUT2D eigenvalue weighted by atomic mass is 32.2. The summed E-state index contributed by atoms with van der Waals surface area (Å²) in [6.07, 6.45) is 1.38. The van der Waals surface area contributed by atoms with E-state index in [0.717, 1.165) is 11.4 Å². The maximum Gasteiger partial charge on any atom is 0.250 e. The Kier molecular flexibility index (Phi) is 7.10. The first-order valence-corrected chi connectivity index (χ1v) is 8.61. The van der Waals surface area contributed by atoms with E-state index < -0.39 is 12.6 Å². The van der Waals surface area contributed by atoms with Crippen LogP contribution in [0.4, 0.5) is 0 Å². The molecule has 0 saturated carbocycles. The van der Waals surface area contributed by atoms with Gasteiger partial charge >= 0.3 is 0 Å². The van der Waals surface area contributed by atoms with Crippen LogP contribution in [-0.2, 0) is 9.59 Å². The van der Waals surface area contributed by atoms with Gasteiger partial charge in [0.05, 0.1) is 17.9 Å². The molecule has 0 aliphatic carbocycles. The molecule has 0 aliphatic rings. The van der Waals surface area contributed by atoms with Crippen LogP contribution in [0.25, 0.3) is 0 Å². The fourth-order valence-electron chi connectivity index (χ4n) is 1.95. The molecule has 0 bridgehead atoms. The molecule has 8 nitrogen and oxygen atoms in total. The molecule has 1 N–H and O–H groups in total. The van der Waals surface area contributed by atoms with Gasteiger partial charge in [-0.25, -0.2) is 15.4 Å². The Hall–Kier alpha value is -2.94. The maximum atomic E-state index is 11.9. The summed E-state index contributed by atoms with van der Waals surface area (Å²) in [6.45, 7) is 3.16. The van der Waals surface area contributed by atoms with E-state index in [4.69, 9.17) is 4.74 Å². The van der Waals surface area contributed by atoms with Crippen LogP contribution >= 0.6 is 11.8 Å². The second-order valence-corrected chi connectivity index (χ2v) is 6.16. The van der Waals surface area contributed by atoms with E-state index in [1.165, 1.54) is 18.0 Å². The van der Waals surface area contributed by atoms with Gasteiger partial charge in [-0.15, -0.1) is 0 Å². The normalized spacial score (nSPS) is 10.7. The number of rotatable bonds is 8. The molecule has 136 valence electrons. The van der Waals surface area contributed by atoms with Crippen molar-refractivity contribution in [3.8, 4) is 5.75 Å². The van der Waals surface area contributed by atoms with Crippen LogP contribution in [0.3, 0.4) is 0 Å². The molecule has 2 aromatic rings. The van der Waals surface area contributed by atoms with E-state index in [9.17, 15) is 14.7 Å². The smallest absolute Gasteiger partial charge is 0.250 e. The van der Waals surface area contributed by atoms with Gasteiger partial charge in [0, 0.05) is 17.0 Å². The first kappa shape index (κ1) is 19.4. The summed E-state index contributed by atoms with van der Waals surface area (Å²) in [7, 11) is 0. The molecule has 1 heterocycles. The van der Waals surface area contributed by atoms with E-state index >= 15 is 0 Å². The molecule has 0 saturated heterocycles. The zero-order chi connectivity index (χ0) is 18.9. The number of benzene rings is 1. The average Bonchev–Trinajstić information content (AvgIpc) is 2.58. The van der Waals surface area contributed by atoms with Crippen molar-refractivity contribution in [2.75, 3.05) is 12.4 Å². The minimum Gasteiger partial charge on any atom is -0.546 e. The van der Waals surface area contributed by atoms with Crippen molar-refractivity contribution >= 4 is 29.9 Å². The summed E-state index contributed by atoms with van der Waals surface area (Å²) < 4.78 is 5.10. The molecule has 1 aromatic carbocycles. The Balaban J connectivity index is 1.88. The SMILES string of the molecule is Cc1cc(C)nc(SCC(=O)N/N=C\c2ccccc2OCC(=O)[O-])n1. The van der Waals surface area contributed by atoms with Crippen molar-refractivity contribution < 1.29 is 19.4 Å². The minimum absolute atomic E-state index is 0.114. The third kappa shape index (κ3) is 6.52. The number of hydrogen-bond acceptors (Lipinski definition) is 8. The van der Waals surface area contributed by atoms with E-state index in [1.54, 1.807) is 24.3 Å². The minimum atomic E-state index is -1.32. The standard InChI is InChI=1S/C17H18N4O4S/c1-11-7-12(2)20-17(19-11)26-10-15(22)21-18-8-13-5-3-4-6-14(13)25-9-16(23)24/h3-8H,9-10H2,1-2H3,(H,21,22)(H,23,24)/p-1/b18-8-. The zero-order valence-electron chi connectivity index (χ0n) is 14.3. The van der Waals surface area contributed by atoms with Crippen molar-refractivity contribution in [2.24, 2.45) is 5.10 Å². The molecule has 1 aromatic heterocycles. The number of ether oxygens (including phenoxy) is 1. The number of para-hydroxylation sites is 1. The van der Waals surface area contributed by atoms with Crippen molar-refractivity contribution in [3.63, 3.8) is 0 Å². The van der Waals surface area contributed by atoms with Crippen LogP contribution < -0.4 is 15.3 Å². The summed E-state index contributed by atoms with van der Waals surface area (Å²) in [6, 6.07) is 8.56. The van der Waals surface area contributed by atoms with Gasteiger partial charge in [0.15, 0.2) is 5.16 Å². The Labute approximate surface area is 154 Å². The first-order chi connectivity index (χ1) is 12.4. The number of aliphatic carboxylic acids is 1. The third-order valence-electron chi connectivity index (χ3n) is 2.95. The molecule has 2 rings (SSSR count). The molecule has 9 heteroatoms. The first-order valence-electron chi connectivity index (χ1n) is 7.62. The molecule has 26 heavy (non-hydrogen) atoms. The Morgan fingerprint density at radius 2 is 1.96 bits per heavy atom. The lowest BCUT2D eigenvalue weighted by molar-refractivity contribution is -0.307. The molecule has 0 spiro atoms. The van der Waals surface area contributed by atoms with E-state index in [1.807, 2.05) is 19.9 Å². The highest BCUT2D eigenvalue weighted by molar-refractivity contribution is 7.99. The molecule has 1 amide bonds. The number of aryl methyl sites for hydroxylation is 2. The monoisotopic (exact) mass is 373 g/mol. The van der Waals surface area contributed by atoms with Crippen LogP contribution in [0.2, 0.25) is 0 Å². The number of hydrogen-bond donors (Lipinski definition) is 1. The molecule has 0 aliphatic heterocycles. The predicted octanol–water partition coefficient (Wildman–Crippen LogP) is 0.465. The van der Waals surface area contributed by atoms with Crippen molar-refractivity contribution in [3.05, 3.63) is 47.3 Å². The number of nitrogens with one attached hydrogen (secondary N) is 1. The number of carbonyl (C=O) groups excluding carboxylic acids is 2. The fraction of sp³-hybridized carbons (Fsp3) is 0.235. The Bertz CT molecular complexity index is 806. The van der Waals surface area contributed by atoms with Gasteiger partial charge in [-0.3, -0.25) is 4.79 Å². The number of amides is 1. The molecular formula is C17H17N4O4S-. The van der Waals surface area contributed by atoms with Gasteiger partial charge in [0.1, 0.15) is 12.4 Å². The predicted molar refractivity (Wildman–Crippen MR) is 94.9 cm³/mol. The highest BCUT2D eigenvalue weighted by Crippen LogP contribution is 2.16. The van der Waals surface area contributed by atoms with Gasteiger partial charge < -0.3 is 14.6 Å². The molecule has 0 unspecified atom stereocenters. The molecule has 0 radical (unpaired) electrons. The van der Waals surface area contributed by atoms with Crippen molar-refractivity contribution in [2.45, 2.75) is 19.0 Å². The van der Waals surface area contributed by atoms with Gasteiger partial charge in [0.25, 0.3) is 5.91 Å². The zero-order valence-corrected chi connectivity index (χ0v) is 15.1. The topological polar surface area (TPSA) is 117 Å². The van der Waals surface area contributed by atoms with Crippen molar-refractivity contribution in [1.29, 1.82) is 0 Å². The fourth-order valence-corrected chi connectivity index (χ4v) is 2.69. The van der Waals surface area contributed by atoms with Gasteiger partial charge in [-0.1, -0.05) is 23.9 Å². The van der Waals surface area contributed by atoms with Gasteiger partial charge in [0.2, 0.25) is 0 Å². The number of carbonyl (C=O) groups is 2. The molecule has 0 atom stereocenters. The number of carboxylic acid groups (broad SMARTS) is 1. The number of nitrogens with zero attached hydrogens (tertiary/aromatic N) is 3. The van der Waals surface area contributed by atoms with E-state index in [-0.39, 0.29) is 11.7 Å². The quantitative estimate of drug-likeness (QED) is 0.309. The van der Waals surface area contributed by atoms with Gasteiger partial charge in [-0.2, -0.15) is 5.10 Å². The lowest BCUT2D eigenvalue weighted by atomic mass is 10.2. The summed E-state index contributed by atoms with van der Waals surface area (Å²) in [5, 5.41) is 14.9. The second-order valence-electron chi connectivity index (χ2n) is 5.21. The van der Waals surface area contributed by atoms with Gasteiger partial charge in [-0.05, 0) is 32.0 Å². The lowest BCUT2D eigenvalue weighted by Gasteiger charge is -2.09. The number of carboxylic acids is 1. The average molecular weight is 373 g/mol. The Morgan fingerprint density at radius 1 is 1.27 bits per heavy atom. The maximum absolute atomic E-state index is 11.9. The van der Waals surface area contributed by atoms with Crippen molar-refractivity contribution in [1.82, 2.24) is 15.4 Å². The number of thioether (sulfide) groups is 1. The van der Waals surface area contributed by atoms with E-state index in [0.29, 0.717) is 16.5 Å². The Morgan fingerprint density at radius 3 is 2.65 bits per heavy atom. The summed E-state index contributed by atoms with van der Waals surface area (Å²) in [5.41, 5.74) is 4.60. The van der Waals surface area contributed by atoms with Crippen LogP contribution in [0.15, 0.2) is 40.6 Å². The summed E-state index contributed by atoms with van der Waals surface area (Å²) in [5.74, 6) is -1.20. The number of aromatic nitrogens is 2. The van der Waals surface area contributed by atoms with Crippen LogP contribution in [-0.4, -0.2) is 40.4 Å². The van der Waals surface area contributed by atoms with E-state index in [2.05, 4.69) is 20.5 Å². The molecule has 0 fully saturated rings. The summed E-state index contributed by atoms with van der Waals surface area (Å²) >= 11 is 1.21. The van der Waals surface area contributed by atoms with Crippen LogP contribution in [0.1, 0.15) is 17.0 Å². The third-order valence-corrected chi connectivity index (χ3v) is 3.80. The molecular weight excluding hydrogens is 356 g/mol. The summed E-state index contributed by atoms with van der Waals surface area (Å²) in [4.78, 5) is 30.8. The highest BCUT2D eigenvalue weighted by Gasteiger charge is 2.06. The van der Waals surface area contributed by atoms with Crippen LogP contribution in [0.5, 0.6) is 5.75 Å². The lowest BCUT2D eigenvalue weighted by Crippen LogP contribution is -2.29.